The molecule has 0 bridgehead atoms. The van der Waals surface area contributed by atoms with Crippen LogP contribution in [0, 0.1) is 20.8 Å². The molecule has 0 fully saturated rings. The number of hydrogen-bond acceptors (Lipinski definition) is 2. The predicted octanol–water partition coefficient (Wildman–Crippen LogP) is 4.47. The zero-order valence-electron chi connectivity index (χ0n) is 11.9. The van der Waals surface area contributed by atoms with Gasteiger partial charge in [-0.15, -0.1) is 0 Å². The SMILES string of the molecule is CNC(Cc1ccccc1Br)c1c(C)oc(C)c1C. The van der Waals surface area contributed by atoms with Gasteiger partial charge in [-0.05, 0) is 51.4 Å². The highest BCUT2D eigenvalue weighted by Crippen LogP contribution is 2.30. The number of halogens is 1. The molecule has 2 nitrogen and oxygen atoms in total. The van der Waals surface area contributed by atoms with Gasteiger partial charge in [-0.25, -0.2) is 0 Å². The Bertz CT molecular complexity index is 574. The van der Waals surface area contributed by atoms with E-state index in [1.165, 1.54) is 16.7 Å². The quantitative estimate of drug-likeness (QED) is 0.898. The molecule has 0 aliphatic rings. The van der Waals surface area contributed by atoms with Crippen molar-refractivity contribution in [3.8, 4) is 0 Å². The Morgan fingerprint density at radius 3 is 2.37 bits per heavy atom. The summed E-state index contributed by atoms with van der Waals surface area (Å²) < 4.78 is 6.90. The van der Waals surface area contributed by atoms with Crippen LogP contribution in [0.3, 0.4) is 0 Å². The van der Waals surface area contributed by atoms with Crippen molar-refractivity contribution in [2.75, 3.05) is 7.05 Å². The fraction of sp³-hybridized carbons (Fsp3) is 0.375. The first-order valence-electron chi connectivity index (χ1n) is 6.51. The highest BCUT2D eigenvalue weighted by molar-refractivity contribution is 9.10. The van der Waals surface area contributed by atoms with Crippen LogP contribution in [0.25, 0.3) is 0 Å². The maximum absolute atomic E-state index is 5.74. The number of hydrogen-bond donors (Lipinski definition) is 1. The Labute approximate surface area is 123 Å². The minimum atomic E-state index is 0.274. The first-order chi connectivity index (χ1) is 9.04. The Hall–Kier alpha value is -1.06. The summed E-state index contributed by atoms with van der Waals surface area (Å²) in [5, 5.41) is 3.41. The van der Waals surface area contributed by atoms with Crippen molar-refractivity contribution in [2.45, 2.75) is 33.2 Å². The lowest BCUT2D eigenvalue weighted by Crippen LogP contribution is -2.20. The Balaban J connectivity index is 2.33. The van der Waals surface area contributed by atoms with Crippen LogP contribution < -0.4 is 5.32 Å². The van der Waals surface area contributed by atoms with Crippen molar-refractivity contribution in [3.63, 3.8) is 0 Å². The molecule has 0 saturated heterocycles. The highest BCUT2D eigenvalue weighted by Gasteiger charge is 2.20. The molecular formula is C16H20BrNO. The summed E-state index contributed by atoms with van der Waals surface area (Å²) in [6.45, 7) is 6.20. The van der Waals surface area contributed by atoms with E-state index < -0.39 is 0 Å². The smallest absolute Gasteiger partial charge is 0.106 e. The third-order valence-corrected chi connectivity index (χ3v) is 4.47. The van der Waals surface area contributed by atoms with Gasteiger partial charge in [0.1, 0.15) is 11.5 Å². The van der Waals surface area contributed by atoms with Gasteiger partial charge < -0.3 is 9.73 Å². The number of furan rings is 1. The van der Waals surface area contributed by atoms with Gasteiger partial charge in [-0.2, -0.15) is 0 Å². The number of likely N-dealkylation sites (N-methyl/N-ethyl adjacent to an activating group) is 1. The van der Waals surface area contributed by atoms with Gasteiger partial charge in [-0.1, -0.05) is 34.1 Å². The van der Waals surface area contributed by atoms with Gasteiger partial charge >= 0.3 is 0 Å². The predicted molar refractivity (Wildman–Crippen MR) is 82.6 cm³/mol. The second-order valence-corrected chi connectivity index (χ2v) is 5.74. The summed E-state index contributed by atoms with van der Waals surface area (Å²) in [6, 6.07) is 8.64. The largest absolute Gasteiger partial charge is 0.466 e. The molecule has 1 aromatic carbocycles. The van der Waals surface area contributed by atoms with E-state index in [2.05, 4.69) is 46.4 Å². The van der Waals surface area contributed by atoms with Crippen LogP contribution in [0.1, 0.15) is 34.3 Å². The molecule has 0 aliphatic heterocycles. The monoisotopic (exact) mass is 321 g/mol. The van der Waals surface area contributed by atoms with Crippen molar-refractivity contribution in [3.05, 3.63) is 56.9 Å². The van der Waals surface area contributed by atoms with E-state index >= 15 is 0 Å². The lowest BCUT2D eigenvalue weighted by atomic mass is 9.96. The van der Waals surface area contributed by atoms with Gasteiger partial charge in [0.2, 0.25) is 0 Å². The average molecular weight is 322 g/mol. The van der Waals surface area contributed by atoms with Crippen LogP contribution in [0.15, 0.2) is 33.2 Å². The van der Waals surface area contributed by atoms with Gasteiger partial charge in [0.15, 0.2) is 0 Å². The van der Waals surface area contributed by atoms with Crippen LogP contribution >= 0.6 is 15.9 Å². The molecule has 0 radical (unpaired) electrons. The summed E-state index contributed by atoms with van der Waals surface area (Å²) in [5.74, 6) is 2.03. The molecule has 0 aliphatic carbocycles. The number of benzene rings is 1. The maximum Gasteiger partial charge on any atom is 0.106 e. The molecule has 3 heteroatoms. The van der Waals surface area contributed by atoms with Crippen molar-refractivity contribution < 1.29 is 4.42 Å². The van der Waals surface area contributed by atoms with Gasteiger partial charge in [0, 0.05) is 16.1 Å². The van der Waals surface area contributed by atoms with Crippen molar-refractivity contribution in [2.24, 2.45) is 0 Å². The van der Waals surface area contributed by atoms with Crippen molar-refractivity contribution in [1.82, 2.24) is 5.32 Å². The molecule has 0 amide bonds. The van der Waals surface area contributed by atoms with E-state index in [0.717, 1.165) is 22.4 Å². The fourth-order valence-corrected chi connectivity index (χ4v) is 3.00. The van der Waals surface area contributed by atoms with Crippen LogP contribution in [0.2, 0.25) is 0 Å². The normalized spacial score (nSPS) is 12.7. The summed E-state index contributed by atoms with van der Waals surface area (Å²) in [4.78, 5) is 0. The van der Waals surface area contributed by atoms with Crippen LogP contribution in [0.4, 0.5) is 0 Å². The van der Waals surface area contributed by atoms with Crippen molar-refractivity contribution >= 4 is 15.9 Å². The van der Waals surface area contributed by atoms with Gasteiger partial charge in [0.25, 0.3) is 0 Å². The first kappa shape index (κ1) is 14.4. The summed E-state index contributed by atoms with van der Waals surface area (Å²) in [6.07, 6.45) is 0.943. The summed E-state index contributed by atoms with van der Waals surface area (Å²) in [7, 11) is 2.00. The average Bonchev–Trinajstić information content (AvgIpc) is 2.63. The van der Waals surface area contributed by atoms with Crippen LogP contribution in [-0.2, 0) is 6.42 Å². The van der Waals surface area contributed by atoms with E-state index in [-0.39, 0.29) is 6.04 Å². The van der Waals surface area contributed by atoms with E-state index in [9.17, 15) is 0 Å². The van der Waals surface area contributed by atoms with Crippen molar-refractivity contribution in [1.29, 1.82) is 0 Å². The molecule has 1 unspecified atom stereocenters. The minimum Gasteiger partial charge on any atom is -0.466 e. The third-order valence-electron chi connectivity index (χ3n) is 3.70. The topological polar surface area (TPSA) is 25.2 Å². The lowest BCUT2D eigenvalue weighted by Gasteiger charge is -2.18. The summed E-state index contributed by atoms with van der Waals surface area (Å²) >= 11 is 3.62. The third kappa shape index (κ3) is 2.93. The maximum atomic E-state index is 5.74. The second-order valence-electron chi connectivity index (χ2n) is 4.89. The Morgan fingerprint density at radius 1 is 1.16 bits per heavy atom. The summed E-state index contributed by atoms with van der Waals surface area (Å²) in [5.41, 5.74) is 3.85. The molecule has 1 aromatic heterocycles. The molecule has 1 N–H and O–H groups in total. The molecule has 0 spiro atoms. The molecule has 0 saturated carbocycles. The van der Waals surface area contributed by atoms with Crippen LogP contribution in [-0.4, -0.2) is 7.05 Å². The molecule has 102 valence electrons. The molecule has 1 atom stereocenters. The van der Waals surface area contributed by atoms with E-state index in [1.54, 1.807) is 0 Å². The highest BCUT2D eigenvalue weighted by atomic mass is 79.9. The zero-order chi connectivity index (χ0) is 14.0. The molecule has 2 aromatic rings. The second kappa shape index (κ2) is 5.93. The number of aryl methyl sites for hydroxylation is 2. The van der Waals surface area contributed by atoms with E-state index in [0.29, 0.717) is 0 Å². The number of nitrogens with one attached hydrogen (secondary N) is 1. The molecule has 2 rings (SSSR count). The molecule has 19 heavy (non-hydrogen) atoms. The van der Waals surface area contributed by atoms with Gasteiger partial charge in [-0.3, -0.25) is 0 Å². The zero-order valence-corrected chi connectivity index (χ0v) is 13.5. The minimum absolute atomic E-state index is 0.274. The van der Waals surface area contributed by atoms with E-state index in [1.807, 2.05) is 27.0 Å². The molecular weight excluding hydrogens is 302 g/mol. The lowest BCUT2D eigenvalue weighted by molar-refractivity contribution is 0.489. The fourth-order valence-electron chi connectivity index (χ4n) is 2.55. The van der Waals surface area contributed by atoms with E-state index in [4.69, 9.17) is 4.42 Å². The Morgan fingerprint density at radius 2 is 1.84 bits per heavy atom. The Kier molecular flexibility index (Phi) is 4.48. The van der Waals surface area contributed by atoms with Gasteiger partial charge in [0.05, 0.1) is 0 Å². The first-order valence-corrected chi connectivity index (χ1v) is 7.31. The van der Waals surface area contributed by atoms with Crippen LogP contribution in [0.5, 0.6) is 0 Å². The standard InChI is InChI=1S/C16H20BrNO/c1-10-11(2)19-12(3)16(10)15(18-4)9-13-7-5-6-8-14(13)17/h5-8,15,18H,9H2,1-4H3. The number of rotatable bonds is 4. The molecule has 1 heterocycles.